The fraction of sp³-hybridized carbons (Fsp3) is 0.750. The third-order valence-electron chi connectivity index (χ3n) is 0.697. The first-order valence-corrected chi connectivity index (χ1v) is 3.32. The van der Waals surface area contributed by atoms with Crippen molar-refractivity contribution < 1.29 is 9.90 Å². The number of alkyl halides is 2. The van der Waals surface area contributed by atoms with E-state index in [1.165, 1.54) is 6.92 Å². The Balaban J connectivity index is 3.91. The fourth-order valence-electron chi connectivity index (χ4n) is 0.0572. The van der Waals surface area contributed by atoms with Gasteiger partial charge in [-0.25, -0.2) is 0 Å². The molecule has 0 aliphatic heterocycles. The first kappa shape index (κ1) is 8.24. The summed E-state index contributed by atoms with van der Waals surface area (Å²) in [5.41, 5.74) is 0. The summed E-state index contributed by atoms with van der Waals surface area (Å²) in [7, 11) is 0. The summed E-state index contributed by atoms with van der Waals surface area (Å²) in [5, 5.41) is 8.31. The van der Waals surface area contributed by atoms with Crippen LogP contribution in [0.3, 0.4) is 0 Å². The standard InChI is InChI=1S/C4H6BrClO2/c1-4(5,2-6)3(7)8/h2H2,1H3,(H,7,8). The van der Waals surface area contributed by atoms with Gasteiger partial charge in [-0.05, 0) is 6.92 Å². The van der Waals surface area contributed by atoms with Crippen LogP contribution in [0.5, 0.6) is 0 Å². The Hall–Kier alpha value is 0.240. The van der Waals surface area contributed by atoms with Gasteiger partial charge >= 0.3 is 5.97 Å². The average Bonchev–Trinajstić information content (AvgIpc) is 1.67. The van der Waals surface area contributed by atoms with Gasteiger partial charge in [0.05, 0.1) is 0 Å². The molecule has 4 heteroatoms. The predicted octanol–water partition coefficient (Wildman–Crippen LogP) is 1.46. The molecule has 0 bridgehead atoms. The van der Waals surface area contributed by atoms with E-state index in [-0.39, 0.29) is 5.88 Å². The zero-order valence-corrected chi connectivity index (χ0v) is 6.66. The summed E-state index contributed by atoms with van der Waals surface area (Å²) in [6.07, 6.45) is 0. The van der Waals surface area contributed by atoms with E-state index in [0.29, 0.717) is 0 Å². The molecule has 0 saturated heterocycles. The smallest absolute Gasteiger partial charge is 0.321 e. The van der Waals surface area contributed by atoms with Gasteiger partial charge in [-0.15, -0.1) is 11.6 Å². The highest BCUT2D eigenvalue weighted by molar-refractivity contribution is 9.10. The highest BCUT2D eigenvalue weighted by atomic mass is 79.9. The van der Waals surface area contributed by atoms with Crippen molar-refractivity contribution in [2.45, 2.75) is 11.2 Å². The summed E-state index contributed by atoms with van der Waals surface area (Å²) in [6, 6.07) is 0. The number of hydrogen-bond donors (Lipinski definition) is 1. The number of carboxylic acid groups (broad SMARTS) is 1. The zero-order valence-electron chi connectivity index (χ0n) is 4.32. The molecule has 0 aromatic carbocycles. The van der Waals surface area contributed by atoms with Crippen LogP contribution < -0.4 is 0 Å². The molecule has 0 saturated carbocycles. The van der Waals surface area contributed by atoms with Gasteiger partial charge in [0.15, 0.2) is 0 Å². The minimum absolute atomic E-state index is 0.0718. The molecule has 8 heavy (non-hydrogen) atoms. The maximum Gasteiger partial charge on any atom is 0.321 e. The van der Waals surface area contributed by atoms with Crippen LogP contribution in [0.4, 0.5) is 0 Å². The summed E-state index contributed by atoms with van der Waals surface area (Å²) in [6.45, 7) is 1.50. The summed E-state index contributed by atoms with van der Waals surface area (Å²) >= 11 is 8.17. The summed E-state index contributed by atoms with van der Waals surface area (Å²) in [4.78, 5) is 10.1. The molecule has 0 aromatic heterocycles. The third kappa shape index (κ3) is 2.01. The molecule has 0 radical (unpaired) electrons. The van der Waals surface area contributed by atoms with Crippen molar-refractivity contribution in [3.05, 3.63) is 0 Å². The van der Waals surface area contributed by atoms with E-state index in [2.05, 4.69) is 15.9 Å². The molecule has 0 spiro atoms. The second-order valence-electron chi connectivity index (χ2n) is 1.64. The van der Waals surface area contributed by atoms with E-state index in [9.17, 15) is 4.79 Å². The average molecular weight is 201 g/mol. The predicted molar refractivity (Wildman–Crippen MR) is 35.7 cm³/mol. The highest BCUT2D eigenvalue weighted by Crippen LogP contribution is 2.18. The first-order valence-electron chi connectivity index (χ1n) is 1.99. The lowest BCUT2D eigenvalue weighted by Gasteiger charge is -2.10. The van der Waals surface area contributed by atoms with Crippen LogP contribution in [-0.4, -0.2) is 21.3 Å². The van der Waals surface area contributed by atoms with Crippen LogP contribution >= 0.6 is 27.5 Å². The van der Waals surface area contributed by atoms with Crippen molar-refractivity contribution in [1.82, 2.24) is 0 Å². The molecule has 1 atom stereocenters. The van der Waals surface area contributed by atoms with Crippen LogP contribution in [0.15, 0.2) is 0 Å². The molecule has 0 amide bonds. The summed E-state index contributed by atoms with van der Waals surface area (Å²) < 4.78 is -0.964. The molecular weight excluding hydrogens is 195 g/mol. The molecule has 1 N–H and O–H groups in total. The van der Waals surface area contributed by atoms with Gasteiger partial charge in [-0.2, -0.15) is 0 Å². The van der Waals surface area contributed by atoms with Crippen LogP contribution in [0.25, 0.3) is 0 Å². The third-order valence-corrected chi connectivity index (χ3v) is 2.17. The number of aliphatic carboxylic acids is 1. The minimum Gasteiger partial charge on any atom is -0.480 e. The molecule has 0 rings (SSSR count). The van der Waals surface area contributed by atoms with Gasteiger partial charge in [-0.3, -0.25) is 4.79 Å². The van der Waals surface area contributed by atoms with Crippen molar-refractivity contribution in [2.24, 2.45) is 0 Å². The van der Waals surface area contributed by atoms with Gasteiger partial charge in [-0.1, -0.05) is 15.9 Å². The normalized spacial score (nSPS) is 17.4. The number of carbonyl (C=O) groups is 1. The molecule has 0 aromatic rings. The van der Waals surface area contributed by atoms with Crippen molar-refractivity contribution in [3.8, 4) is 0 Å². The van der Waals surface area contributed by atoms with E-state index in [0.717, 1.165) is 0 Å². The van der Waals surface area contributed by atoms with Gasteiger partial charge in [0, 0.05) is 5.88 Å². The lowest BCUT2D eigenvalue weighted by atomic mass is 10.2. The van der Waals surface area contributed by atoms with Gasteiger partial charge in [0.1, 0.15) is 4.32 Å². The Morgan fingerprint density at radius 3 is 2.38 bits per heavy atom. The largest absolute Gasteiger partial charge is 0.480 e. The maximum atomic E-state index is 10.1. The lowest BCUT2D eigenvalue weighted by Crippen LogP contribution is -2.29. The second-order valence-corrected chi connectivity index (χ2v) is 3.65. The van der Waals surface area contributed by atoms with Gasteiger partial charge < -0.3 is 5.11 Å². The topological polar surface area (TPSA) is 37.3 Å². The van der Waals surface area contributed by atoms with E-state index in [4.69, 9.17) is 16.7 Å². The monoisotopic (exact) mass is 200 g/mol. The van der Waals surface area contributed by atoms with E-state index >= 15 is 0 Å². The van der Waals surface area contributed by atoms with Crippen molar-refractivity contribution in [3.63, 3.8) is 0 Å². The molecule has 0 aliphatic carbocycles. The fourth-order valence-corrected chi connectivity index (χ4v) is 0.171. The Bertz CT molecular complexity index is 102. The number of halogens is 2. The van der Waals surface area contributed by atoms with E-state index < -0.39 is 10.3 Å². The Morgan fingerprint density at radius 2 is 2.38 bits per heavy atom. The van der Waals surface area contributed by atoms with Gasteiger partial charge in [0.2, 0.25) is 0 Å². The SMILES string of the molecule is CC(Br)(CCl)C(=O)O. The zero-order chi connectivity index (χ0) is 6.78. The number of carboxylic acids is 1. The molecule has 0 heterocycles. The van der Waals surface area contributed by atoms with Crippen LogP contribution in [0.1, 0.15) is 6.92 Å². The molecule has 2 nitrogen and oxygen atoms in total. The van der Waals surface area contributed by atoms with Crippen molar-refractivity contribution in [2.75, 3.05) is 5.88 Å². The van der Waals surface area contributed by atoms with Crippen LogP contribution in [0.2, 0.25) is 0 Å². The molecule has 1 unspecified atom stereocenters. The number of hydrogen-bond acceptors (Lipinski definition) is 1. The minimum atomic E-state index is -0.964. The van der Waals surface area contributed by atoms with Crippen molar-refractivity contribution in [1.29, 1.82) is 0 Å². The molecular formula is C4H6BrClO2. The van der Waals surface area contributed by atoms with Crippen molar-refractivity contribution >= 4 is 33.5 Å². The molecule has 0 fully saturated rings. The highest BCUT2D eigenvalue weighted by Gasteiger charge is 2.27. The quantitative estimate of drug-likeness (QED) is 0.687. The van der Waals surface area contributed by atoms with Crippen LogP contribution in [-0.2, 0) is 4.79 Å². The van der Waals surface area contributed by atoms with E-state index in [1.54, 1.807) is 0 Å². The Morgan fingerprint density at radius 1 is 2.00 bits per heavy atom. The maximum absolute atomic E-state index is 10.1. The Labute approximate surface area is 61.0 Å². The molecule has 0 aliphatic rings. The first-order chi connectivity index (χ1) is 3.50. The second kappa shape index (κ2) is 2.69. The number of rotatable bonds is 2. The summed E-state index contributed by atoms with van der Waals surface area (Å²) in [5.74, 6) is -0.866. The Kier molecular flexibility index (Phi) is 2.77. The lowest BCUT2D eigenvalue weighted by molar-refractivity contribution is -0.138. The van der Waals surface area contributed by atoms with Gasteiger partial charge in [0.25, 0.3) is 0 Å². The van der Waals surface area contributed by atoms with E-state index in [1.807, 2.05) is 0 Å². The molecule has 48 valence electrons. The van der Waals surface area contributed by atoms with Crippen LogP contribution in [0, 0.1) is 0 Å².